The lowest BCUT2D eigenvalue weighted by Gasteiger charge is -2.25. The average molecular weight is 751 g/mol. The van der Waals surface area contributed by atoms with Crippen LogP contribution in [0.2, 0.25) is 0 Å². The van der Waals surface area contributed by atoms with E-state index in [-0.39, 0.29) is 36.6 Å². The first-order valence-electron chi connectivity index (χ1n) is 18.4. The molecule has 0 fully saturated rings. The topological polar surface area (TPSA) is 144 Å². The van der Waals surface area contributed by atoms with Crippen molar-refractivity contribution in [3.63, 3.8) is 0 Å². The van der Waals surface area contributed by atoms with Crippen LogP contribution in [0, 0.1) is 10.1 Å². The van der Waals surface area contributed by atoms with Crippen LogP contribution in [0.25, 0.3) is 21.5 Å². The highest BCUT2D eigenvalue weighted by Crippen LogP contribution is 2.45. The zero-order valence-corrected chi connectivity index (χ0v) is 30.1. The van der Waals surface area contributed by atoms with Gasteiger partial charge >= 0.3 is 5.97 Å². The predicted molar refractivity (Wildman–Crippen MR) is 204 cm³/mol. The standard InChI is InChI=1S/C44H34N2O10/c47-42-35-13-8-14-36(46(50)51)39(35)43(48)45(42)17-6-1-7-18-52-44(49)26-15-16-37-38(21-26)54-23-28-20-30-25-56-41-34-12-5-3-10-32(34)31-9-2-4-11-33(31)40(41)55-24-29(30)19-27(28)22-53-37/h2-5,8-16,19-21H,1,6-7,17-18,22-25H2. The number of hydrogen-bond acceptors (Lipinski definition) is 10. The number of benzene rings is 6. The molecule has 6 aromatic carbocycles. The lowest BCUT2D eigenvalue weighted by Crippen LogP contribution is -2.30. The lowest BCUT2D eigenvalue weighted by molar-refractivity contribution is -0.385. The summed E-state index contributed by atoms with van der Waals surface area (Å²) in [5.41, 5.74) is 3.69. The number of hydrogen-bond donors (Lipinski definition) is 0. The van der Waals surface area contributed by atoms with Crippen LogP contribution in [0.5, 0.6) is 23.0 Å². The van der Waals surface area contributed by atoms with Crippen LogP contribution < -0.4 is 18.9 Å². The highest BCUT2D eigenvalue weighted by atomic mass is 16.6. The van der Waals surface area contributed by atoms with Gasteiger partial charge in [-0.15, -0.1) is 0 Å². The van der Waals surface area contributed by atoms with Crippen LogP contribution in [-0.4, -0.2) is 40.8 Å². The molecule has 0 saturated heterocycles. The number of carbonyl (C=O) groups is 3. The minimum absolute atomic E-state index is 0.0388. The maximum absolute atomic E-state index is 13.0. The molecule has 12 nitrogen and oxygen atoms in total. The Bertz CT molecular complexity index is 2620. The normalized spacial score (nSPS) is 14.2. The van der Waals surface area contributed by atoms with Crippen molar-refractivity contribution in [1.82, 2.24) is 4.90 Å². The number of nitro benzene ring substituents is 1. The summed E-state index contributed by atoms with van der Waals surface area (Å²) in [6.07, 6.45) is 1.50. The molecule has 3 aliphatic rings. The third-order valence-corrected chi connectivity index (χ3v) is 10.5. The first-order chi connectivity index (χ1) is 27.4. The molecule has 0 radical (unpaired) electrons. The van der Waals surface area contributed by atoms with Crippen molar-refractivity contribution in [2.45, 2.75) is 45.7 Å². The minimum Gasteiger partial charge on any atom is -0.485 e. The van der Waals surface area contributed by atoms with Gasteiger partial charge in [-0.3, -0.25) is 24.6 Å². The van der Waals surface area contributed by atoms with Crippen LogP contribution in [0.3, 0.4) is 0 Å². The number of fused-ring (bicyclic) bond motifs is 10. The Morgan fingerprint density at radius 3 is 1.86 bits per heavy atom. The number of rotatable bonds is 8. The van der Waals surface area contributed by atoms with Gasteiger partial charge in [-0.1, -0.05) is 54.6 Å². The van der Waals surface area contributed by atoms with Crippen LogP contribution in [0.1, 0.15) is 72.6 Å². The Morgan fingerprint density at radius 2 is 1.23 bits per heavy atom. The number of amides is 2. The average Bonchev–Trinajstić information content (AvgIpc) is 3.45. The van der Waals surface area contributed by atoms with Crippen LogP contribution in [0.15, 0.2) is 97.1 Å². The molecule has 280 valence electrons. The number of carbonyl (C=O) groups excluding carboxylic acids is 3. The Hall–Kier alpha value is -6.95. The van der Waals surface area contributed by atoms with E-state index in [1.54, 1.807) is 18.2 Å². The van der Waals surface area contributed by atoms with Gasteiger partial charge in [0.05, 0.1) is 22.7 Å². The van der Waals surface area contributed by atoms with Crippen LogP contribution >= 0.6 is 0 Å². The molecule has 3 heterocycles. The van der Waals surface area contributed by atoms with Crippen molar-refractivity contribution >= 4 is 45.0 Å². The molecule has 6 aromatic rings. The smallest absolute Gasteiger partial charge is 0.338 e. The van der Waals surface area contributed by atoms with Crippen LogP contribution in [0.4, 0.5) is 5.69 Å². The molecule has 0 aromatic heterocycles. The zero-order valence-electron chi connectivity index (χ0n) is 30.1. The largest absolute Gasteiger partial charge is 0.485 e. The fourth-order valence-corrected chi connectivity index (χ4v) is 7.64. The second kappa shape index (κ2) is 14.4. The van der Waals surface area contributed by atoms with E-state index in [1.807, 2.05) is 24.3 Å². The summed E-state index contributed by atoms with van der Waals surface area (Å²) in [6, 6.07) is 29.5. The third-order valence-electron chi connectivity index (χ3n) is 10.5. The second-order valence-electron chi connectivity index (χ2n) is 13.9. The van der Waals surface area contributed by atoms with E-state index in [1.165, 1.54) is 18.2 Å². The Kier molecular flexibility index (Phi) is 8.93. The Labute approximate surface area is 320 Å². The quantitative estimate of drug-likeness (QED) is 0.0371. The maximum atomic E-state index is 13.0. The minimum atomic E-state index is -0.667. The fourth-order valence-electron chi connectivity index (χ4n) is 7.64. The number of esters is 1. The SMILES string of the molecule is O=C(OCCCCCN1C(=O)c2cccc([N+](=O)[O-])c2C1=O)c1ccc2c(c1)OCc1cc3c(cc1CO2)COc1c(c2ccccc2c2ccccc12)OC3. The molecular weight excluding hydrogens is 716 g/mol. The van der Waals surface area contributed by atoms with E-state index in [4.69, 9.17) is 23.7 Å². The van der Waals surface area contributed by atoms with Gasteiger partial charge in [0, 0.05) is 23.4 Å². The van der Waals surface area contributed by atoms with Gasteiger partial charge in [0.1, 0.15) is 32.0 Å². The summed E-state index contributed by atoms with van der Waals surface area (Å²) in [6.45, 7) is 1.50. The molecule has 12 heteroatoms. The van der Waals surface area contributed by atoms with E-state index in [0.717, 1.165) is 60.2 Å². The molecule has 0 N–H and O–H groups in total. The number of ether oxygens (including phenoxy) is 5. The zero-order chi connectivity index (χ0) is 38.3. The number of nitrogens with zero attached hydrogens (tertiary/aromatic N) is 2. The summed E-state index contributed by atoms with van der Waals surface area (Å²) in [4.78, 5) is 50.2. The van der Waals surface area contributed by atoms with Crippen molar-refractivity contribution in [2.75, 3.05) is 13.2 Å². The number of imide groups is 1. The predicted octanol–water partition coefficient (Wildman–Crippen LogP) is 8.47. The van der Waals surface area contributed by atoms with Crippen molar-refractivity contribution in [3.05, 3.63) is 146 Å². The maximum Gasteiger partial charge on any atom is 0.338 e. The van der Waals surface area contributed by atoms with E-state index in [2.05, 4.69) is 36.4 Å². The molecule has 9 rings (SSSR count). The van der Waals surface area contributed by atoms with Gasteiger partial charge in [-0.2, -0.15) is 0 Å². The van der Waals surface area contributed by atoms with Crippen molar-refractivity contribution < 1.29 is 43.0 Å². The molecule has 0 atom stereocenters. The first-order valence-corrected chi connectivity index (χ1v) is 18.4. The number of nitro groups is 1. The Morgan fingerprint density at radius 1 is 0.643 bits per heavy atom. The monoisotopic (exact) mass is 750 g/mol. The van der Waals surface area contributed by atoms with Crippen LogP contribution in [-0.2, 0) is 31.2 Å². The molecule has 0 unspecified atom stereocenters. The highest BCUT2D eigenvalue weighted by molar-refractivity contribution is 6.23. The fraction of sp³-hybridized carbons (Fsp3) is 0.205. The van der Waals surface area contributed by atoms with Crippen molar-refractivity contribution in [3.8, 4) is 23.0 Å². The molecule has 0 aliphatic carbocycles. The van der Waals surface area contributed by atoms with E-state index >= 15 is 0 Å². The molecule has 3 aliphatic heterocycles. The van der Waals surface area contributed by atoms with E-state index < -0.39 is 22.7 Å². The summed E-state index contributed by atoms with van der Waals surface area (Å²) in [5.74, 6) is 0.646. The first kappa shape index (κ1) is 34.8. The molecule has 0 bridgehead atoms. The van der Waals surface area contributed by atoms with E-state index in [9.17, 15) is 24.5 Å². The third kappa shape index (κ3) is 6.18. The van der Waals surface area contributed by atoms with Gasteiger partial charge in [-0.25, -0.2) is 4.79 Å². The van der Waals surface area contributed by atoms with Crippen molar-refractivity contribution in [1.29, 1.82) is 0 Å². The van der Waals surface area contributed by atoms with E-state index in [0.29, 0.717) is 56.1 Å². The molecule has 0 spiro atoms. The van der Waals surface area contributed by atoms with Crippen molar-refractivity contribution in [2.24, 2.45) is 0 Å². The lowest BCUT2D eigenvalue weighted by atomic mass is 9.97. The molecular formula is C44H34N2O10. The summed E-state index contributed by atoms with van der Waals surface area (Å²) in [7, 11) is 0. The van der Waals surface area contributed by atoms with Gasteiger partial charge in [0.2, 0.25) is 0 Å². The molecule has 0 saturated carbocycles. The van der Waals surface area contributed by atoms with Gasteiger partial charge in [0.15, 0.2) is 23.0 Å². The summed E-state index contributed by atoms with van der Waals surface area (Å²) < 4.78 is 31.0. The summed E-state index contributed by atoms with van der Waals surface area (Å²) in [5, 5.41) is 15.6. The molecule has 56 heavy (non-hydrogen) atoms. The van der Waals surface area contributed by atoms with Gasteiger partial charge < -0.3 is 23.7 Å². The highest BCUT2D eigenvalue weighted by Gasteiger charge is 2.40. The Balaban J connectivity index is 0.817. The summed E-state index contributed by atoms with van der Waals surface area (Å²) >= 11 is 0. The van der Waals surface area contributed by atoms with Gasteiger partial charge in [0.25, 0.3) is 17.5 Å². The molecule has 2 amide bonds. The number of unbranched alkanes of at least 4 members (excludes halogenated alkanes) is 2. The van der Waals surface area contributed by atoms with Gasteiger partial charge in [-0.05, 0) is 88.7 Å². The second-order valence-corrected chi connectivity index (χ2v) is 13.9.